The molecule has 1 aromatic heterocycles. The first-order chi connectivity index (χ1) is 17.8. The van der Waals surface area contributed by atoms with E-state index in [1.165, 1.54) is 0 Å². The second-order valence-electron chi connectivity index (χ2n) is 7.83. The summed E-state index contributed by atoms with van der Waals surface area (Å²) in [6.07, 6.45) is 0. The monoisotopic (exact) mass is 580 g/mol. The largest absolute Gasteiger partial charge is 0.490 e. The Hall–Kier alpha value is -3.08. The van der Waals surface area contributed by atoms with Gasteiger partial charge in [-0.3, -0.25) is 9.69 Å². The van der Waals surface area contributed by atoms with Crippen LogP contribution in [0.3, 0.4) is 0 Å². The van der Waals surface area contributed by atoms with Gasteiger partial charge in [0, 0.05) is 16.8 Å². The Balaban J connectivity index is 1.39. The number of hydrogen-bond donors (Lipinski definition) is 2. The minimum atomic E-state index is -0.459. The second kappa shape index (κ2) is 12.4. The number of aromatic amines is 1. The molecule has 1 unspecified atom stereocenters. The fourth-order valence-electron chi connectivity index (χ4n) is 3.33. The van der Waals surface area contributed by atoms with E-state index in [0.29, 0.717) is 43.8 Å². The van der Waals surface area contributed by atoms with Crippen molar-refractivity contribution in [2.24, 2.45) is 0 Å². The summed E-state index contributed by atoms with van der Waals surface area (Å²) in [4.78, 5) is 14.6. The van der Waals surface area contributed by atoms with Crippen molar-refractivity contribution in [1.29, 1.82) is 0 Å². The van der Waals surface area contributed by atoms with Gasteiger partial charge in [0.2, 0.25) is 5.91 Å². The Morgan fingerprint density at radius 1 is 0.973 bits per heavy atom. The van der Waals surface area contributed by atoms with E-state index in [-0.39, 0.29) is 24.1 Å². The molecule has 4 aromatic rings. The van der Waals surface area contributed by atoms with Crippen LogP contribution >= 0.6 is 46.4 Å². The van der Waals surface area contributed by atoms with Gasteiger partial charge >= 0.3 is 0 Å². The number of H-pyrrole nitrogens is 1. The predicted octanol–water partition coefficient (Wildman–Crippen LogP) is 6.30. The van der Waals surface area contributed by atoms with Crippen LogP contribution in [0, 0.1) is 0 Å². The van der Waals surface area contributed by atoms with Crippen LogP contribution in [0.4, 0.5) is 5.69 Å². The predicted molar refractivity (Wildman–Crippen MR) is 143 cm³/mol. The Bertz CT molecular complexity index is 1370. The molecule has 13 heteroatoms. The maximum atomic E-state index is 12.8. The number of anilines is 1. The van der Waals surface area contributed by atoms with Gasteiger partial charge in [-0.1, -0.05) is 58.5 Å². The van der Waals surface area contributed by atoms with Crippen LogP contribution in [0.25, 0.3) is 0 Å². The van der Waals surface area contributed by atoms with Gasteiger partial charge in [-0.2, -0.15) is 0 Å². The first kappa shape index (κ1) is 27.0. The number of halogens is 4. The molecular weight excluding hydrogens is 562 g/mol. The number of para-hydroxylation sites is 1. The number of amides is 1. The van der Waals surface area contributed by atoms with E-state index in [0.717, 1.165) is 0 Å². The second-order valence-corrected chi connectivity index (χ2v) is 9.49. The molecule has 37 heavy (non-hydrogen) atoms. The van der Waals surface area contributed by atoms with Crippen LogP contribution in [0.5, 0.6) is 17.2 Å². The molecule has 1 atom stereocenters. The first-order valence-electron chi connectivity index (χ1n) is 10.8. The maximum Gasteiger partial charge on any atom is 0.238 e. The number of rotatable bonds is 10. The van der Waals surface area contributed by atoms with Crippen molar-refractivity contribution in [3.63, 3.8) is 0 Å². The standard InChI is InChI=1S/C24H20Cl4N6O3/c1-34(19(24-30-32-33-31-24)13-36-20-5-3-2-4-16(20)26)12-23(35)29-15-7-9-21(18(28)11-15)37-22-10-14(25)6-8-17(22)27/h2-11,19H,12-13H2,1H3,(H,29,35)(H,30,31,32,33). The molecule has 0 aliphatic heterocycles. The number of benzene rings is 3. The molecule has 2 N–H and O–H groups in total. The summed E-state index contributed by atoms with van der Waals surface area (Å²) in [6.45, 7) is 0.152. The molecular formula is C24H20Cl4N6O3. The Morgan fingerprint density at radius 2 is 1.76 bits per heavy atom. The van der Waals surface area contributed by atoms with E-state index >= 15 is 0 Å². The number of aromatic nitrogens is 4. The van der Waals surface area contributed by atoms with Crippen molar-refractivity contribution in [1.82, 2.24) is 25.5 Å². The summed E-state index contributed by atoms with van der Waals surface area (Å²) in [5.74, 6) is 1.37. The fourth-order valence-corrected chi connectivity index (χ4v) is 4.05. The number of carbonyl (C=O) groups excluding carboxylic acids is 1. The van der Waals surface area contributed by atoms with Crippen LogP contribution in [0.2, 0.25) is 20.1 Å². The minimum absolute atomic E-state index is 0.00520. The third-order valence-electron chi connectivity index (χ3n) is 5.16. The van der Waals surface area contributed by atoms with Crippen LogP contribution in [0.1, 0.15) is 11.9 Å². The topological polar surface area (TPSA) is 105 Å². The van der Waals surface area contributed by atoms with Gasteiger partial charge in [-0.05, 0) is 59.9 Å². The Kier molecular flexibility index (Phi) is 9.07. The number of hydrogen-bond acceptors (Lipinski definition) is 7. The molecule has 0 aliphatic rings. The summed E-state index contributed by atoms with van der Waals surface area (Å²) in [5.41, 5.74) is 0.484. The van der Waals surface area contributed by atoms with Crippen LogP contribution in [-0.4, -0.2) is 51.6 Å². The van der Waals surface area contributed by atoms with Gasteiger partial charge in [0.1, 0.15) is 29.9 Å². The van der Waals surface area contributed by atoms with E-state index < -0.39 is 6.04 Å². The van der Waals surface area contributed by atoms with Gasteiger partial charge < -0.3 is 14.8 Å². The summed E-state index contributed by atoms with van der Waals surface area (Å²) in [6, 6.07) is 16.4. The van der Waals surface area contributed by atoms with E-state index in [4.69, 9.17) is 55.9 Å². The lowest BCUT2D eigenvalue weighted by Gasteiger charge is -2.25. The average Bonchev–Trinajstić information content (AvgIpc) is 3.39. The number of ether oxygens (including phenoxy) is 2. The number of tetrazole rings is 1. The van der Waals surface area contributed by atoms with Gasteiger partial charge in [0.05, 0.1) is 21.6 Å². The Labute approximate surface area is 232 Å². The highest BCUT2D eigenvalue weighted by molar-refractivity contribution is 6.34. The molecule has 0 spiro atoms. The summed E-state index contributed by atoms with van der Waals surface area (Å²) < 4.78 is 11.6. The maximum absolute atomic E-state index is 12.8. The Morgan fingerprint density at radius 3 is 2.49 bits per heavy atom. The van der Waals surface area contributed by atoms with Crippen molar-refractivity contribution in [3.8, 4) is 17.2 Å². The highest BCUT2D eigenvalue weighted by atomic mass is 35.5. The van der Waals surface area contributed by atoms with E-state index in [1.54, 1.807) is 66.5 Å². The zero-order valence-electron chi connectivity index (χ0n) is 19.3. The van der Waals surface area contributed by atoms with Gasteiger partial charge in [-0.25, -0.2) is 5.10 Å². The van der Waals surface area contributed by atoms with E-state index in [2.05, 4.69) is 25.9 Å². The lowest BCUT2D eigenvalue weighted by molar-refractivity contribution is -0.117. The number of likely N-dealkylation sites (N-methyl/N-ethyl adjacent to an activating group) is 1. The third kappa shape index (κ3) is 7.24. The molecule has 0 fully saturated rings. The number of nitrogens with one attached hydrogen (secondary N) is 2. The third-order valence-corrected chi connectivity index (χ3v) is 6.32. The molecule has 0 aliphatic carbocycles. The number of nitrogens with zero attached hydrogens (tertiary/aromatic N) is 4. The van der Waals surface area contributed by atoms with Crippen LogP contribution in [0.15, 0.2) is 60.7 Å². The SMILES string of the molecule is CN(CC(=O)Nc1ccc(Oc2cc(Cl)ccc2Cl)c(Cl)c1)C(COc1ccccc1Cl)c1nnn[nH]1. The van der Waals surface area contributed by atoms with Crippen molar-refractivity contribution in [3.05, 3.63) is 86.6 Å². The van der Waals surface area contributed by atoms with Gasteiger partial charge in [-0.15, -0.1) is 5.10 Å². The molecule has 192 valence electrons. The van der Waals surface area contributed by atoms with Crippen LogP contribution < -0.4 is 14.8 Å². The highest BCUT2D eigenvalue weighted by Gasteiger charge is 2.24. The molecule has 0 saturated heterocycles. The first-order valence-corrected chi connectivity index (χ1v) is 12.3. The normalized spacial score (nSPS) is 11.8. The van der Waals surface area contributed by atoms with Gasteiger partial charge in [0.15, 0.2) is 5.82 Å². The molecule has 4 rings (SSSR count). The lowest BCUT2D eigenvalue weighted by Crippen LogP contribution is -2.36. The quantitative estimate of drug-likeness (QED) is 0.226. The van der Waals surface area contributed by atoms with Crippen molar-refractivity contribution < 1.29 is 14.3 Å². The van der Waals surface area contributed by atoms with Crippen molar-refractivity contribution >= 4 is 58.0 Å². The average molecular weight is 582 g/mol. The molecule has 3 aromatic carbocycles. The highest BCUT2D eigenvalue weighted by Crippen LogP contribution is 2.36. The summed E-state index contributed by atoms with van der Waals surface area (Å²) >= 11 is 24.7. The summed E-state index contributed by atoms with van der Waals surface area (Å²) in [5, 5.41) is 18.4. The van der Waals surface area contributed by atoms with E-state index in [1.807, 2.05) is 6.07 Å². The van der Waals surface area contributed by atoms with Crippen molar-refractivity contribution in [2.45, 2.75) is 6.04 Å². The lowest BCUT2D eigenvalue weighted by atomic mass is 10.2. The van der Waals surface area contributed by atoms with Gasteiger partial charge in [0.25, 0.3) is 0 Å². The fraction of sp³-hybridized carbons (Fsp3) is 0.167. The summed E-state index contributed by atoms with van der Waals surface area (Å²) in [7, 11) is 1.75. The zero-order valence-corrected chi connectivity index (χ0v) is 22.3. The zero-order chi connectivity index (χ0) is 26.4. The van der Waals surface area contributed by atoms with Crippen LogP contribution in [-0.2, 0) is 4.79 Å². The molecule has 0 radical (unpaired) electrons. The molecule has 0 saturated carbocycles. The molecule has 1 amide bonds. The molecule has 0 bridgehead atoms. The minimum Gasteiger partial charge on any atom is -0.490 e. The molecule has 9 nitrogen and oxygen atoms in total. The molecule has 1 heterocycles. The van der Waals surface area contributed by atoms with Crippen molar-refractivity contribution in [2.75, 3.05) is 25.5 Å². The number of carbonyl (C=O) groups is 1. The van der Waals surface area contributed by atoms with E-state index in [9.17, 15) is 4.79 Å². The smallest absolute Gasteiger partial charge is 0.238 e.